The van der Waals surface area contributed by atoms with E-state index in [0.29, 0.717) is 5.92 Å². The number of aryl methyl sites for hydroxylation is 1. The van der Waals surface area contributed by atoms with Crippen LogP contribution in [0, 0.1) is 5.92 Å². The van der Waals surface area contributed by atoms with Gasteiger partial charge in [0, 0.05) is 5.69 Å². The van der Waals surface area contributed by atoms with Gasteiger partial charge in [-0.1, -0.05) is 44.9 Å². The molecule has 24 heavy (non-hydrogen) atoms. The lowest BCUT2D eigenvalue weighted by atomic mass is 9.88. The highest BCUT2D eigenvalue weighted by Crippen LogP contribution is 2.26. The maximum absolute atomic E-state index is 12.0. The van der Waals surface area contributed by atoms with Crippen LogP contribution in [0.4, 0.5) is 5.69 Å². The molecule has 1 aliphatic carbocycles. The van der Waals surface area contributed by atoms with Crippen molar-refractivity contribution >= 4 is 17.5 Å². The highest BCUT2D eigenvalue weighted by molar-refractivity contribution is 5.95. The van der Waals surface area contributed by atoms with E-state index in [4.69, 9.17) is 4.74 Å². The number of rotatable bonds is 7. The number of ether oxygens (including phenoxy) is 1. The zero-order valence-electron chi connectivity index (χ0n) is 14.6. The summed E-state index contributed by atoms with van der Waals surface area (Å²) in [5.41, 5.74) is 1.87. The molecule has 0 bridgehead atoms. The minimum absolute atomic E-state index is 0.0217. The lowest BCUT2D eigenvalue weighted by Crippen LogP contribution is -2.37. The molecule has 2 amide bonds. The Morgan fingerprint density at radius 2 is 1.92 bits per heavy atom. The average Bonchev–Trinajstić information content (AvgIpc) is 2.59. The number of anilines is 1. The SMILES string of the molecule is CCc1ccccc1NC(=O)CNC(=O)CO[C@H]1CCCC[C@@H]1C. The predicted molar refractivity (Wildman–Crippen MR) is 94.8 cm³/mol. The molecule has 1 fully saturated rings. The first-order valence-corrected chi connectivity index (χ1v) is 8.86. The molecule has 0 radical (unpaired) electrons. The fraction of sp³-hybridized carbons (Fsp3) is 0.579. The van der Waals surface area contributed by atoms with Crippen molar-refractivity contribution in [3.8, 4) is 0 Å². The summed E-state index contributed by atoms with van der Waals surface area (Å²) in [5, 5.41) is 5.45. The third-order valence-electron chi connectivity index (χ3n) is 4.58. The maximum Gasteiger partial charge on any atom is 0.246 e. The minimum atomic E-state index is -0.244. The number of hydrogen-bond donors (Lipinski definition) is 2. The smallest absolute Gasteiger partial charge is 0.246 e. The van der Waals surface area contributed by atoms with Crippen molar-refractivity contribution in [1.29, 1.82) is 0 Å². The molecule has 1 aromatic rings. The second-order valence-electron chi connectivity index (χ2n) is 6.45. The summed E-state index contributed by atoms with van der Waals surface area (Å²) < 4.78 is 5.70. The van der Waals surface area contributed by atoms with Crippen LogP contribution in [0.15, 0.2) is 24.3 Å². The van der Waals surface area contributed by atoms with Crippen LogP contribution in [0.2, 0.25) is 0 Å². The van der Waals surface area contributed by atoms with Crippen LogP contribution in [-0.2, 0) is 20.7 Å². The Bertz CT molecular complexity index is 559. The molecule has 5 heteroatoms. The normalized spacial score (nSPS) is 20.4. The van der Waals surface area contributed by atoms with E-state index in [1.165, 1.54) is 6.42 Å². The quantitative estimate of drug-likeness (QED) is 0.807. The molecule has 2 atom stereocenters. The second-order valence-corrected chi connectivity index (χ2v) is 6.45. The van der Waals surface area contributed by atoms with Gasteiger partial charge in [0.05, 0.1) is 12.6 Å². The number of nitrogens with one attached hydrogen (secondary N) is 2. The Morgan fingerprint density at radius 1 is 1.17 bits per heavy atom. The van der Waals surface area contributed by atoms with Crippen molar-refractivity contribution in [3.63, 3.8) is 0 Å². The summed E-state index contributed by atoms with van der Waals surface area (Å²) >= 11 is 0. The number of hydrogen-bond acceptors (Lipinski definition) is 3. The number of benzene rings is 1. The van der Waals surface area contributed by atoms with Gasteiger partial charge in [0.25, 0.3) is 0 Å². The fourth-order valence-corrected chi connectivity index (χ4v) is 3.09. The Kier molecular flexibility index (Phi) is 7.25. The number of para-hydroxylation sites is 1. The van der Waals surface area contributed by atoms with E-state index < -0.39 is 0 Å². The first-order chi connectivity index (χ1) is 11.6. The highest BCUT2D eigenvalue weighted by atomic mass is 16.5. The van der Waals surface area contributed by atoms with E-state index >= 15 is 0 Å². The third-order valence-corrected chi connectivity index (χ3v) is 4.58. The molecule has 0 aromatic heterocycles. The van der Waals surface area contributed by atoms with Gasteiger partial charge in [-0.2, -0.15) is 0 Å². The van der Waals surface area contributed by atoms with Crippen LogP contribution >= 0.6 is 0 Å². The van der Waals surface area contributed by atoms with Crippen molar-refractivity contribution in [3.05, 3.63) is 29.8 Å². The Hall–Kier alpha value is -1.88. The fourth-order valence-electron chi connectivity index (χ4n) is 3.09. The number of amides is 2. The molecule has 1 aliphatic rings. The van der Waals surface area contributed by atoms with Crippen LogP contribution in [0.5, 0.6) is 0 Å². The van der Waals surface area contributed by atoms with Gasteiger partial charge in [0.2, 0.25) is 11.8 Å². The van der Waals surface area contributed by atoms with Gasteiger partial charge in [-0.15, -0.1) is 0 Å². The third kappa shape index (κ3) is 5.64. The van der Waals surface area contributed by atoms with E-state index in [-0.39, 0.29) is 31.1 Å². The number of carbonyl (C=O) groups excluding carboxylic acids is 2. The van der Waals surface area contributed by atoms with Crippen molar-refractivity contribution in [2.24, 2.45) is 5.92 Å². The van der Waals surface area contributed by atoms with Crippen LogP contribution in [-0.4, -0.2) is 31.1 Å². The molecule has 1 aromatic carbocycles. The van der Waals surface area contributed by atoms with Crippen molar-refractivity contribution in [1.82, 2.24) is 5.32 Å². The molecule has 0 unspecified atom stereocenters. The van der Waals surface area contributed by atoms with E-state index in [9.17, 15) is 9.59 Å². The first kappa shape index (κ1) is 18.5. The van der Waals surface area contributed by atoms with Crippen LogP contribution < -0.4 is 10.6 Å². The summed E-state index contributed by atoms with van der Waals surface area (Å²) in [6.45, 7) is 4.19. The Morgan fingerprint density at radius 3 is 2.67 bits per heavy atom. The van der Waals surface area contributed by atoms with Gasteiger partial charge in [-0.25, -0.2) is 0 Å². The molecular formula is C19H28N2O3. The molecule has 0 aliphatic heterocycles. The summed E-state index contributed by atoms with van der Waals surface area (Å²) in [6, 6.07) is 7.67. The van der Waals surface area contributed by atoms with E-state index in [1.807, 2.05) is 31.2 Å². The average molecular weight is 332 g/mol. The van der Waals surface area contributed by atoms with Crippen LogP contribution in [0.3, 0.4) is 0 Å². The molecule has 2 rings (SSSR count). The zero-order valence-corrected chi connectivity index (χ0v) is 14.6. The lowest BCUT2D eigenvalue weighted by Gasteiger charge is -2.28. The topological polar surface area (TPSA) is 67.4 Å². The van der Waals surface area contributed by atoms with E-state index in [0.717, 1.165) is 36.9 Å². The molecule has 0 heterocycles. The maximum atomic E-state index is 12.0. The summed E-state index contributed by atoms with van der Waals surface area (Å²) in [6.07, 6.45) is 5.59. The van der Waals surface area contributed by atoms with Crippen LogP contribution in [0.1, 0.15) is 45.1 Å². The van der Waals surface area contributed by atoms with E-state index in [1.54, 1.807) is 0 Å². The van der Waals surface area contributed by atoms with Gasteiger partial charge in [0.1, 0.15) is 6.61 Å². The molecular weight excluding hydrogens is 304 g/mol. The Balaban J connectivity index is 1.70. The van der Waals surface area contributed by atoms with Gasteiger partial charge in [-0.3, -0.25) is 9.59 Å². The van der Waals surface area contributed by atoms with Crippen LogP contribution in [0.25, 0.3) is 0 Å². The predicted octanol–water partition coefficient (Wildman–Crippen LogP) is 2.90. The monoisotopic (exact) mass is 332 g/mol. The standard InChI is InChI=1S/C19H28N2O3/c1-3-15-9-5-6-10-16(15)21-18(22)12-20-19(23)13-24-17-11-7-4-8-14(17)2/h5-6,9-10,14,17H,3-4,7-8,11-13H2,1-2H3,(H,20,23)(H,21,22)/t14-,17-/m0/s1. The highest BCUT2D eigenvalue weighted by Gasteiger charge is 2.22. The summed E-state index contributed by atoms with van der Waals surface area (Å²) in [5.74, 6) is 0.0300. The summed E-state index contributed by atoms with van der Waals surface area (Å²) in [4.78, 5) is 23.8. The zero-order chi connectivity index (χ0) is 17.4. The molecule has 2 N–H and O–H groups in total. The van der Waals surface area contributed by atoms with Crippen molar-refractivity contribution < 1.29 is 14.3 Å². The van der Waals surface area contributed by atoms with Gasteiger partial charge in [0.15, 0.2) is 0 Å². The molecule has 132 valence electrons. The number of carbonyl (C=O) groups is 2. The van der Waals surface area contributed by atoms with E-state index in [2.05, 4.69) is 17.6 Å². The van der Waals surface area contributed by atoms with Gasteiger partial charge < -0.3 is 15.4 Å². The molecule has 0 saturated heterocycles. The van der Waals surface area contributed by atoms with Crippen molar-refractivity contribution in [2.75, 3.05) is 18.5 Å². The minimum Gasteiger partial charge on any atom is -0.368 e. The summed E-state index contributed by atoms with van der Waals surface area (Å²) in [7, 11) is 0. The molecule has 1 saturated carbocycles. The largest absolute Gasteiger partial charge is 0.368 e. The second kappa shape index (κ2) is 9.42. The van der Waals surface area contributed by atoms with Gasteiger partial charge in [-0.05, 0) is 36.8 Å². The Labute approximate surface area is 144 Å². The van der Waals surface area contributed by atoms with Crippen molar-refractivity contribution in [2.45, 2.75) is 52.1 Å². The molecule has 5 nitrogen and oxygen atoms in total. The van der Waals surface area contributed by atoms with Gasteiger partial charge >= 0.3 is 0 Å². The molecule has 0 spiro atoms. The lowest BCUT2D eigenvalue weighted by molar-refractivity contribution is -0.131. The first-order valence-electron chi connectivity index (χ1n) is 8.86.